The number of para-hydroxylation sites is 2. The zero-order chi connectivity index (χ0) is 31.4. The zero-order valence-electron chi connectivity index (χ0n) is 22.4. The molecular weight excluding hydrogens is 944 g/mol. The predicted octanol–water partition coefficient (Wildman–Crippen LogP) is 7.91. The molecule has 2 aromatic carbocycles. The number of carbonyl (C=O) groups excluding carboxylic acids is 4. The Kier molecular flexibility index (Phi) is 16.8. The predicted molar refractivity (Wildman–Crippen MR) is 182 cm³/mol. The number of alkyl halides is 6. The van der Waals surface area contributed by atoms with E-state index in [0.29, 0.717) is 12.8 Å². The van der Waals surface area contributed by atoms with E-state index in [4.69, 9.17) is 18.9 Å². The molecule has 42 heavy (non-hydrogen) atoms. The van der Waals surface area contributed by atoms with Crippen molar-refractivity contribution in [2.75, 3.05) is 13.2 Å². The molecule has 0 radical (unpaired) electrons. The molecule has 2 rings (SSSR count). The Morgan fingerprint density at radius 2 is 0.929 bits per heavy atom. The summed E-state index contributed by atoms with van der Waals surface area (Å²) in [5, 5.41) is 0. The van der Waals surface area contributed by atoms with Crippen LogP contribution in [0.5, 0.6) is 11.5 Å². The van der Waals surface area contributed by atoms with Gasteiger partial charge in [-0.2, -0.15) is 0 Å². The number of ether oxygens (including phenoxy) is 4. The molecular formula is C28H28Br6O8. The van der Waals surface area contributed by atoms with Crippen LogP contribution in [0.4, 0.5) is 0 Å². The fourth-order valence-electron chi connectivity index (χ4n) is 3.22. The second-order valence-electron chi connectivity index (χ2n) is 9.02. The third-order valence-corrected chi connectivity index (χ3v) is 11.8. The lowest BCUT2D eigenvalue weighted by Crippen LogP contribution is -2.27. The van der Waals surface area contributed by atoms with Crippen molar-refractivity contribution in [1.82, 2.24) is 0 Å². The lowest BCUT2D eigenvalue weighted by atomic mass is 10.2. The highest BCUT2D eigenvalue weighted by Crippen LogP contribution is 2.26. The van der Waals surface area contributed by atoms with Gasteiger partial charge in [0, 0.05) is 29.0 Å². The van der Waals surface area contributed by atoms with Gasteiger partial charge in [0.2, 0.25) is 0 Å². The zero-order valence-corrected chi connectivity index (χ0v) is 32.0. The van der Waals surface area contributed by atoms with E-state index in [0.717, 1.165) is 0 Å². The number of halogens is 6. The summed E-state index contributed by atoms with van der Waals surface area (Å²) < 4.78 is 21.1. The molecule has 0 fully saturated rings. The molecule has 230 valence electrons. The Hall–Kier alpha value is -0.800. The van der Waals surface area contributed by atoms with Crippen LogP contribution in [0.2, 0.25) is 0 Å². The van der Waals surface area contributed by atoms with Crippen LogP contribution in [0.1, 0.15) is 47.4 Å². The van der Waals surface area contributed by atoms with Crippen molar-refractivity contribution in [1.29, 1.82) is 0 Å². The van der Waals surface area contributed by atoms with Gasteiger partial charge in [0.15, 0.2) is 0 Å². The fraction of sp³-hybridized carbons (Fsp3) is 0.429. The largest absolute Gasteiger partial charge is 0.461 e. The maximum Gasteiger partial charge on any atom is 0.423 e. The molecule has 14 heteroatoms. The lowest BCUT2D eigenvalue weighted by molar-refractivity contribution is -0.156. The molecule has 0 saturated heterocycles. The minimum atomic E-state index is -1.39. The molecule has 0 bridgehead atoms. The van der Waals surface area contributed by atoms with Gasteiger partial charge in [0.05, 0.1) is 0 Å². The third-order valence-electron chi connectivity index (χ3n) is 5.54. The van der Waals surface area contributed by atoms with E-state index in [2.05, 4.69) is 95.6 Å². The van der Waals surface area contributed by atoms with Crippen LogP contribution in [0.25, 0.3) is 0 Å². The molecule has 6 atom stereocenters. The average molecular weight is 972 g/mol. The van der Waals surface area contributed by atoms with E-state index in [1.54, 1.807) is 12.1 Å². The highest BCUT2D eigenvalue weighted by atomic mass is 79.9. The molecule has 0 aliphatic carbocycles. The van der Waals surface area contributed by atoms with Gasteiger partial charge in [-0.25, -0.2) is 19.2 Å². The Morgan fingerprint density at radius 1 is 0.595 bits per heavy atom. The minimum Gasteiger partial charge on any atom is -0.461 e. The lowest BCUT2D eigenvalue weighted by Gasteiger charge is -2.17. The van der Waals surface area contributed by atoms with Gasteiger partial charge in [-0.3, -0.25) is 0 Å². The van der Waals surface area contributed by atoms with E-state index in [-0.39, 0.29) is 64.8 Å². The Bertz CT molecular complexity index is 1130. The SMILES string of the molecule is CC(Br)C(Br)CC(Br)COC(=O)c1ccccc1OC(=O)C(=O)Oc1ccccc1C(=O)OCC(Br)CC(Br)C(C)Br. The molecule has 0 saturated carbocycles. The molecule has 0 aromatic heterocycles. The van der Waals surface area contributed by atoms with E-state index < -0.39 is 23.9 Å². The van der Waals surface area contributed by atoms with E-state index in [1.807, 2.05) is 13.8 Å². The number of hydrogen-bond donors (Lipinski definition) is 0. The molecule has 0 aliphatic rings. The summed E-state index contributed by atoms with van der Waals surface area (Å²) >= 11 is 21.1. The minimum absolute atomic E-state index is 0.0454. The van der Waals surface area contributed by atoms with Gasteiger partial charge < -0.3 is 18.9 Å². The molecule has 8 nitrogen and oxygen atoms in total. The third kappa shape index (κ3) is 12.7. The van der Waals surface area contributed by atoms with Crippen molar-refractivity contribution in [3.63, 3.8) is 0 Å². The van der Waals surface area contributed by atoms with E-state index in [9.17, 15) is 19.2 Å². The quantitative estimate of drug-likeness (QED) is 0.0815. The summed E-state index contributed by atoms with van der Waals surface area (Å²) in [7, 11) is 0. The summed E-state index contributed by atoms with van der Waals surface area (Å²) in [5.41, 5.74) is -0.0909. The molecule has 0 N–H and O–H groups in total. The Balaban J connectivity index is 2.01. The van der Waals surface area contributed by atoms with Crippen LogP contribution in [0.15, 0.2) is 48.5 Å². The summed E-state index contributed by atoms with van der Waals surface area (Å²) in [5.74, 6) is -4.60. The summed E-state index contributed by atoms with van der Waals surface area (Å²) in [6, 6.07) is 11.7. The van der Waals surface area contributed by atoms with Gasteiger partial charge in [0.1, 0.15) is 35.8 Å². The highest BCUT2D eigenvalue weighted by Gasteiger charge is 2.26. The maximum atomic E-state index is 12.7. The number of carbonyl (C=O) groups is 4. The van der Waals surface area contributed by atoms with E-state index in [1.165, 1.54) is 36.4 Å². The van der Waals surface area contributed by atoms with Crippen molar-refractivity contribution >= 4 is 119 Å². The average Bonchev–Trinajstić information content (AvgIpc) is 2.94. The van der Waals surface area contributed by atoms with Gasteiger partial charge in [-0.05, 0) is 37.1 Å². The molecule has 2 aromatic rings. The highest BCUT2D eigenvalue weighted by molar-refractivity contribution is 9.12. The monoisotopic (exact) mass is 966 g/mol. The van der Waals surface area contributed by atoms with Gasteiger partial charge in [-0.15, -0.1) is 0 Å². The fourth-order valence-corrected chi connectivity index (χ4v) is 6.63. The topological polar surface area (TPSA) is 105 Å². The molecule has 0 heterocycles. The first-order valence-corrected chi connectivity index (χ1v) is 18.1. The Morgan fingerprint density at radius 3 is 1.26 bits per heavy atom. The van der Waals surface area contributed by atoms with Crippen molar-refractivity contribution in [2.24, 2.45) is 0 Å². The standard InChI is InChI=1S/C28H28Br6O8/c1-15(29)21(33)11-17(31)13-39-25(35)19-7-3-5-9-23(19)41-27(37)28(38)42-24-10-6-4-8-20(24)26(36)40-14-18(32)12-22(34)16(2)30/h3-10,15-18,21-22H,11-14H2,1-2H3. The maximum absolute atomic E-state index is 12.7. The molecule has 0 aliphatic heterocycles. The van der Waals surface area contributed by atoms with Crippen molar-refractivity contribution in [3.05, 3.63) is 59.7 Å². The van der Waals surface area contributed by atoms with Gasteiger partial charge >= 0.3 is 23.9 Å². The number of hydrogen-bond acceptors (Lipinski definition) is 8. The van der Waals surface area contributed by atoms with Crippen LogP contribution >= 0.6 is 95.6 Å². The van der Waals surface area contributed by atoms with Crippen LogP contribution in [-0.4, -0.2) is 66.1 Å². The van der Waals surface area contributed by atoms with Crippen LogP contribution in [0.3, 0.4) is 0 Å². The first kappa shape index (κ1) is 37.4. The first-order chi connectivity index (χ1) is 19.8. The van der Waals surface area contributed by atoms with Crippen molar-refractivity contribution < 1.29 is 38.1 Å². The second kappa shape index (κ2) is 18.9. The van der Waals surface area contributed by atoms with Crippen LogP contribution in [-0.2, 0) is 19.1 Å². The van der Waals surface area contributed by atoms with Crippen molar-refractivity contribution in [3.8, 4) is 11.5 Å². The molecule has 0 spiro atoms. The van der Waals surface area contributed by atoms with Gasteiger partial charge in [-0.1, -0.05) is 134 Å². The summed E-state index contributed by atoms with van der Waals surface area (Å²) in [4.78, 5) is 51.1. The Labute approximate surface area is 295 Å². The van der Waals surface area contributed by atoms with E-state index >= 15 is 0 Å². The van der Waals surface area contributed by atoms with Crippen LogP contribution < -0.4 is 9.47 Å². The molecule has 0 amide bonds. The summed E-state index contributed by atoms with van der Waals surface area (Å²) in [6.07, 6.45) is 1.36. The number of rotatable bonds is 14. The number of benzene rings is 2. The first-order valence-electron chi connectivity index (χ1n) is 12.6. The van der Waals surface area contributed by atoms with Crippen LogP contribution in [0, 0.1) is 0 Å². The van der Waals surface area contributed by atoms with Crippen molar-refractivity contribution in [2.45, 2.75) is 55.7 Å². The second-order valence-corrected chi connectivity index (χ2v) is 16.9. The smallest absolute Gasteiger partial charge is 0.423 e. The summed E-state index contributed by atoms with van der Waals surface area (Å²) in [6.45, 7) is 4.13. The van der Waals surface area contributed by atoms with Gasteiger partial charge in [0.25, 0.3) is 0 Å². The number of esters is 4. The molecule has 6 unspecified atom stereocenters. The normalized spacial score (nSPS) is 15.3.